The molecule has 2 aliphatic rings. The number of carbonyl (C=O) groups is 1. The van der Waals surface area contributed by atoms with E-state index >= 15 is 0 Å². The van der Waals surface area contributed by atoms with E-state index in [2.05, 4.69) is 22.5 Å². The lowest BCUT2D eigenvalue weighted by molar-refractivity contribution is -0.116. The van der Waals surface area contributed by atoms with E-state index < -0.39 is 0 Å². The van der Waals surface area contributed by atoms with Crippen molar-refractivity contribution in [1.29, 1.82) is 0 Å². The van der Waals surface area contributed by atoms with Crippen LogP contribution in [0.1, 0.15) is 50.6 Å². The summed E-state index contributed by atoms with van der Waals surface area (Å²) in [7, 11) is 1.66. The van der Waals surface area contributed by atoms with Gasteiger partial charge in [-0.1, -0.05) is 61.6 Å². The Bertz CT molecular complexity index is 1020. The van der Waals surface area contributed by atoms with Gasteiger partial charge in [-0.05, 0) is 49.4 Å². The van der Waals surface area contributed by atoms with Crippen molar-refractivity contribution in [1.82, 2.24) is 9.97 Å². The Hall–Kier alpha value is -3.21. The summed E-state index contributed by atoms with van der Waals surface area (Å²) in [5.41, 5.74) is 3.96. The zero-order chi connectivity index (χ0) is 22.2. The first-order valence-electron chi connectivity index (χ1n) is 11.5. The van der Waals surface area contributed by atoms with Gasteiger partial charge in [-0.2, -0.15) is 0 Å². The second-order valence-electron chi connectivity index (χ2n) is 8.52. The number of anilines is 1. The molecule has 0 unspecified atom stereocenters. The summed E-state index contributed by atoms with van der Waals surface area (Å²) < 4.78 is 5.26. The summed E-state index contributed by atoms with van der Waals surface area (Å²) in [6.45, 7) is 0. The Morgan fingerprint density at radius 2 is 1.94 bits per heavy atom. The molecule has 0 atom stereocenters. The minimum Gasteiger partial charge on any atom is -0.497 e. The van der Waals surface area contributed by atoms with Gasteiger partial charge in [0, 0.05) is 12.0 Å². The summed E-state index contributed by atoms with van der Waals surface area (Å²) in [4.78, 5) is 22.3. The third kappa shape index (κ3) is 5.94. The standard InChI is InChI=1S/C27H31N3O2/c1-32-23-15-13-22(14-16-23)25-19-28-27(24(29-25)18-21-10-6-7-11-21)30-26(31)17-12-20-8-4-2-3-5-9-20/h2-5,8,13-16,19,21H,6-7,9-12,17-18H2,1H3,(H,28,30,31). The van der Waals surface area contributed by atoms with E-state index in [0.29, 0.717) is 18.2 Å². The maximum absolute atomic E-state index is 12.7. The van der Waals surface area contributed by atoms with Crippen LogP contribution in [0.4, 0.5) is 5.82 Å². The number of carbonyl (C=O) groups excluding carboxylic acids is 1. The lowest BCUT2D eigenvalue weighted by atomic mass is 10.0. The molecule has 1 fully saturated rings. The van der Waals surface area contributed by atoms with E-state index in [1.807, 2.05) is 42.5 Å². The van der Waals surface area contributed by atoms with Gasteiger partial charge in [-0.15, -0.1) is 0 Å². The molecule has 4 rings (SSSR count). The van der Waals surface area contributed by atoms with Gasteiger partial charge in [0.05, 0.1) is 24.7 Å². The van der Waals surface area contributed by atoms with Gasteiger partial charge < -0.3 is 10.1 Å². The molecule has 5 heteroatoms. The normalized spacial score (nSPS) is 16.0. The first-order valence-corrected chi connectivity index (χ1v) is 11.5. The van der Waals surface area contributed by atoms with E-state index in [-0.39, 0.29) is 5.91 Å². The van der Waals surface area contributed by atoms with Gasteiger partial charge >= 0.3 is 0 Å². The number of hydrogen-bond donors (Lipinski definition) is 1. The van der Waals surface area contributed by atoms with Crippen molar-refractivity contribution < 1.29 is 9.53 Å². The smallest absolute Gasteiger partial charge is 0.225 e. The van der Waals surface area contributed by atoms with E-state index in [4.69, 9.17) is 9.72 Å². The number of aromatic nitrogens is 2. The van der Waals surface area contributed by atoms with Crippen molar-refractivity contribution in [2.75, 3.05) is 12.4 Å². The van der Waals surface area contributed by atoms with Crippen LogP contribution < -0.4 is 10.1 Å². The fraction of sp³-hybridized carbons (Fsp3) is 0.370. The first-order chi connectivity index (χ1) is 15.7. The molecule has 0 bridgehead atoms. The lowest BCUT2D eigenvalue weighted by Crippen LogP contribution is -2.16. The Labute approximate surface area is 190 Å². The fourth-order valence-electron chi connectivity index (χ4n) is 4.34. The third-order valence-electron chi connectivity index (χ3n) is 6.19. The molecule has 1 saturated carbocycles. The summed E-state index contributed by atoms with van der Waals surface area (Å²) >= 11 is 0. The molecule has 0 aliphatic heterocycles. The van der Waals surface area contributed by atoms with Crippen molar-refractivity contribution >= 4 is 11.7 Å². The number of amides is 1. The van der Waals surface area contributed by atoms with E-state index in [0.717, 1.165) is 42.0 Å². The minimum atomic E-state index is -0.0118. The number of rotatable bonds is 8. The topological polar surface area (TPSA) is 64.1 Å². The largest absolute Gasteiger partial charge is 0.497 e. The van der Waals surface area contributed by atoms with Gasteiger partial charge in [0.2, 0.25) is 5.91 Å². The molecule has 32 heavy (non-hydrogen) atoms. The van der Waals surface area contributed by atoms with E-state index in [1.54, 1.807) is 13.3 Å². The summed E-state index contributed by atoms with van der Waals surface area (Å²) in [5, 5.41) is 3.04. The van der Waals surface area contributed by atoms with Crippen molar-refractivity contribution in [2.24, 2.45) is 5.92 Å². The number of nitrogens with one attached hydrogen (secondary N) is 1. The second kappa shape index (κ2) is 10.9. The zero-order valence-electron chi connectivity index (χ0n) is 18.7. The molecule has 2 aliphatic carbocycles. The predicted octanol–water partition coefficient (Wildman–Crippen LogP) is 6.05. The maximum Gasteiger partial charge on any atom is 0.225 e. The van der Waals surface area contributed by atoms with Crippen molar-refractivity contribution in [3.8, 4) is 17.0 Å². The van der Waals surface area contributed by atoms with Gasteiger partial charge in [0.25, 0.3) is 0 Å². The number of hydrogen-bond acceptors (Lipinski definition) is 4. The second-order valence-corrected chi connectivity index (χ2v) is 8.52. The number of ether oxygens (including phenoxy) is 1. The van der Waals surface area contributed by atoms with Gasteiger partial charge in [-0.25, -0.2) is 9.97 Å². The van der Waals surface area contributed by atoms with E-state index in [9.17, 15) is 4.79 Å². The molecule has 1 heterocycles. The highest BCUT2D eigenvalue weighted by Crippen LogP contribution is 2.30. The highest BCUT2D eigenvalue weighted by atomic mass is 16.5. The van der Waals surface area contributed by atoms with Crippen LogP contribution in [0.3, 0.4) is 0 Å². The minimum absolute atomic E-state index is 0.0118. The molecule has 0 saturated heterocycles. The SMILES string of the molecule is COc1ccc(-c2cnc(NC(=O)CCC3=CC=CC=CC3)c(CC3CCCC3)n2)cc1. The first kappa shape index (κ1) is 22.0. The highest BCUT2D eigenvalue weighted by molar-refractivity contribution is 5.90. The summed E-state index contributed by atoms with van der Waals surface area (Å²) in [6, 6.07) is 7.83. The Morgan fingerprint density at radius 3 is 2.72 bits per heavy atom. The average Bonchev–Trinajstić information content (AvgIpc) is 3.19. The molecule has 1 aromatic carbocycles. The lowest BCUT2D eigenvalue weighted by Gasteiger charge is -2.15. The molecule has 166 valence electrons. The molecule has 0 radical (unpaired) electrons. The monoisotopic (exact) mass is 429 g/mol. The van der Waals surface area contributed by atoms with Crippen molar-refractivity contribution in [3.05, 3.63) is 72.1 Å². The van der Waals surface area contributed by atoms with Crippen LogP contribution in [0.25, 0.3) is 11.3 Å². The molecular formula is C27H31N3O2. The van der Waals surface area contributed by atoms with Crippen LogP contribution in [0, 0.1) is 5.92 Å². The van der Waals surface area contributed by atoms with E-state index in [1.165, 1.54) is 31.3 Å². The third-order valence-corrected chi connectivity index (χ3v) is 6.19. The highest BCUT2D eigenvalue weighted by Gasteiger charge is 2.20. The number of allylic oxidation sites excluding steroid dienone is 6. The van der Waals surface area contributed by atoms with Crippen LogP contribution in [-0.4, -0.2) is 23.0 Å². The maximum atomic E-state index is 12.7. The molecule has 0 spiro atoms. The van der Waals surface area contributed by atoms with Crippen LogP contribution >= 0.6 is 0 Å². The zero-order valence-corrected chi connectivity index (χ0v) is 18.7. The number of methoxy groups -OCH3 is 1. The average molecular weight is 430 g/mol. The summed E-state index contributed by atoms with van der Waals surface area (Å²) in [5.74, 6) is 2.02. The molecule has 1 N–H and O–H groups in total. The predicted molar refractivity (Wildman–Crippen MR) is 129 cm³/mol. The van der Waals surface area contributed by atoms with Crippen molar-refractivity contribution in [3.63, 3.8) is 0 Å². The fourth-order valence-corrected chi connectivity index (χ4v) is 4.34. The van der Waals surface area contributed by atoms with Gasteiger partial charge in [0.1, 0.15) is 5.75 Å². The van der Waals surface area contributed by atoms with Crippen LogP contribution in [0.5, 0.6) is 5.75 Å². The Kier molecular flexibility index (Phi) is 7.49. The molecule has 1 aromatic heterocycles. The van der Waals surface area contributed by atoms with Crippen LogP contribution in [0.2, 0.25) is 0 Å². The van der Waals surface area contributed by atoms with Gasteiger partial charge in [-0.3, -0.25) is 4.79 Å². The van der Waals surface area contributed by atoms with Crippen molar-refractivity contribution in [2.45, 2.75) is 51.4 Å². The number of nitrogens with zero attached hydrogens (tertiary/aromatic N) is 2. The quantitative estimate of drug-likeness (QED) is 0.555. The molecule has 2 aromatic rings. The Morgan fingerprint density at radius 1 is 1.12 bits per heavy atom. The Balaban J connectivity index is 1.49. The summed E-state index contributed by atoms with van der Waals surface area (Å²) in [6.07, 6.45) is 20.0. The molecular weight excluding hydrogens is 398 g/mol. The molecule has 1 amide bonds. The van der Waals surface area contributed by atoms with Crippen LogP contribution in [0.15, 0.2) is 66.4 Å². The molecule has 5 nitrogen and oxygen atoms in total. The number of benzene rings is 1. The van der Waals surface area contributed by atoms with Gasteiger partial charge in [0.15, 0.2) is 5.82 Å². The van der Waals surface area contributed by atoms with Crippen LogP contribution in [-0.2, 0) is 11.2 Å².